The summed E-state index contributed by atoms with van der Waals surface area (Å²) in [5.74, 6) is 0. The first-order valence-electron chi connectivity index (χ1n) is 7.37. The lowest BCUT2D eigenvalue weighted by Gasteiger charge is -2.10. The molecule has 2 nitrogen and oxygen atoms in total. The molecule has 3 heteroatoms. The second-order valence-corrected chi connectivity index (χ2v) is 6.24. The molecule has 0 aliphatic rings. The largest absolute Gasteiger partial charge is 0.264 e. The van der Waals surface area contributed by atoms with E-state index in [1.54, 1.807) is 6.20 Å². The first kappa shape index (κ1) is 14.1. The number of rotatable bonds is 2. The Morgan fingerprint density at radius 1 is 0.783 bits per heavy atom. The summed E-state index contributed by atoms with van der Waals surface area (Å²) in [5, 5.41) is 1.14. The minimum absolute atomic E-state index is 0.937. The zero-order valence-electron chi connectivity index (χ0n) is 12.3. The lowest BCUT2D eigenvalue weighted by atomic mass is 9.99. The Labute approximate surface area is 143 Å². The monoisotopic (exact) mass is 360 g/mol. The number of nitrogens with zero attached hydrogens (tertiary/aromatic N) is 2. The smallest absolute Gasteiger partial charge is 0.0731 e. The van der Waals surface area contributed by atoms with Gasteiger partial charge in [0, 0.05) is 27.8 Å². The van der Waals surface area contributed by atoms with Crippen molar-refractivity contribution in [1.82, 2.24) is 9.97 Å². The van der Waals surface area contributed by atoms with Gasteiger partial charge in [-0.1, -0.05) is 46.3 Å². The summed E-state index contributed by atoms with van der Waals surface area (Å²) in [6, 6.07) is 22.7. The molecular weight excluding hydrogens is 348 g/mol. The topological polar surface area (TPSA) is 25.8 Å². The van der Waals surface area contributed by atoms with E-state index < -0.39 is 0 Å². The van der Waals surface area contributed by atoms with Crippen LogP contribution in [0.15, 0.2) is 83.6 Å². The van der Waals surface area contributed by atoms with E-state index in [-0.39, 0.29) is 0 Å². The summed E-state index contributed by atoms with van der Waals surface area (Å²) in [6.07, 6.45) is 3.63. The second-order valence-electron chi connectivity index (χ2n) is 5.32. The van der Waals surface area contributed by atoms with Crippen molar-refractivity contribution in [3.05, 3.63) is 83.6 Å². The van der Waals surface area contributed by atoms with Crippen LogP contribution in [0.3, 0.4) is 0 Å². The SMILES string of the molecule is Brc1ccc2nc(-c3cccnc3)cc(-c3ccccc3)c2c1. The summed E-state index contributed by atoms with van der Waals surface area (Å²) in [6.45, 7) is 0. The van der Waals surface area contributed by atoms with Gasteiger partial charge in [0.05, 0.1) is 11.2 Å². The number of hydrogen-bond donors (Lipinski definition) is 0. The van der Waals surface area contributed by atoms with Gasteiger partial charge < -0.3 is 0 Å². The predicted octanol–water partition coefficient (Wildman–Crippen LogP) is 5.73. The van der Waals surface area contributed by atoms with Gasteiger partial charge in [0.2, 0.25) is 0 Å². The highest BCUT2D eigenvalue weighted by Gasteiger charge is 2.10. The molecule has 2 aromatic carbocycles. The average Bonchev–Trinajstić information content (AvgIpc) is 2.62. The van der Waals surface area contributed by atoms with Crippen LogP contribution in [-0.4, -0.2) is 9.97 Å². The van der Waals surface area contributed by atoms with Crippen LogP contribution in [0.5, 0.6) is 0 Å². The molecule has 0 fully saturated rings. The Kier molecular flexibility index (Phi) is 3.64. The Balaban J connectivity index is 2.04. The van der Waals surface area contributed by atoms with Crippen molar-refractivity contribution in [3.63, 3.8) is 0 Å². The van der Waals surface area contributed by atoms with E-state index >= 15 is 0 Å². The molecule has 4 aromatic rings. The lowest BCUT2D eigenvalue weighted by molar-refractivity contribution is 1.30. The third-order valence-corrected chi connectivity index (χ3v) is 4.31. The molecule has 0 saturated heterocycles. The maximum absolute atomic E-state index is 4.81. The van der Waals surface area contributed by atoms with E-state index in [2.05, 4.69) is 57.3 Å². The minimum atomic E-state index is 0.937. The third-order valence-electron chi connectivity index (χ3n) is 3.81. The van der Waals surface area contributed by atoms with E-state index in [4.69, 9.17) is 4.98 Å². The molecule has 2 heterocycles. The number of pyridine rings is 2. The van der Waals surface area contributed by atoms with Crippen LogP contribution in [0.1, 0.15) is 0 Å². The molecule has 0 aliphatic carbocycles. The van der Waals surface area contributed by atoms with E-state index in [0.717, 1.165) is 26.6 Å². The second kappa shape index (κ2) is 5.94. The minimum Gasteiger partial charge on any atom is -0.264 e. The van der Waals surface area contributed by atoms with Gasteiger partial charge >= 0.3 is 0 Å². The van der Waals surface area contributed by atoms with Crippen LogP contribution in [0.25, 0.3) is 33.3 Å². The molecule has 0 bridgehead atoms. The van der Waals surface area contributed by atoms with Gasteiger partial charge in [-0.05, 0) is 47.5 Å². The fourth-order valence-corrected chi connectivity index (χ4v) is 3.08. The van der Waals surface area contributed by atoms with Crippen LogP contribution in [-0.2, 0) is 0 Å². The first-order valence-corrected chi connectivity index (χ1v) is 8.17. The molecular formula is C20H13BrN2. The molecule has 0 amide bonds. The summed E-state index contributed by atoms with van der Waals surface area (Å²) >= 11 is 3.56. The zero-order valence-corrected chi connectivity index (χ0v) is 13.9. The van der Waals surface area contributed by atoms with Crippen molar-refractivity contribution >= 4 is 26.8 Å². The van der Waals surface area contributed by atoms with Crippen LogP contribution < -0.4 is 0 Å². The normalized spacial score (nSPS) is 10.8. The molecule has 0 saturated carbocycles. The molecule has 2 aromatic heterocycles. The standard InChI is InChI=1S/C20H13BrN2/c21-16-8-9-19-18(11-16)17(14-5-2-1-3-6-14)12-20(23-19)15-7-4-10-22-13-15/h1-13H. The van der Waals surface area contributed by atoms with Crippen LogP contribution in [0.4, 0.5) is 0 Å². The van der Waals surface area contributed by atoms with Crippen molar-refractivity contribution in [2.45, 2.75) is 0 Å². The Hall–Kier alpha value is -2.52. The van der Waals surface area contributed by atoms with Gasteiger partial charge in [0.15, 0.2) is 0 Å². The summed E-state index contributed by atoms with van der Waals surface area (Å²) in [7, 11) is 0. The maximum Gasteiger partial charge on any atom is 0.0731 e. The molecule has 23 heavy (non-hydrogen) atoms. The van der Waals surface area contributed by atoms with Crippen molar-refractivity contribution in [1.29, 1.82) is 0 Å². The number of fused-ring (bicyclic) bond motifs is 1. The van der Waals surface area contributed by atoms with Crippen molar-refractivity contribution < 1.29 is 0 Å². The summed E-state index contributed by atoms with van der Waals surface area (Å²) < 4.78 is 1.05. The van der Waals surface area contributed by atoms with E-state index in [1.807, 2.05) is 36.5 Å². The molecule has 4 rings (SSSR count). The van der Waals surface area contributed by atoms with Crippen molar-refractivity contribution in [2.24, 2.45) is 0 Å². The van der Waals surface area contributed by atoms with Gasteiger partial charge in [-0.3, -0.25) is 4.98 Å². The van der Waals surface area contributed by atoms with E-state index in [0.29, 0.717) is 0 Å². The van der Waals surface area contributed by atoms with Gasteiger partial charge in [0.1, 0.15) is 0 Å². The lowest BCUT2D eigenvalue weighted by Crippen LogP contribution is -1.90. The van der Waals surface area contributed by atoms with Gasteiger partial charge in [0.25, 0.3) is 0 Å². The molecule has 0 atom stereocenters. The summed E-state index contributed by atoms with van der Waals surface area (Å²) in [4.78, 5) is 9.02. The van der Waals surface area contributed by atoms with Crippen LogP contribution >= 0.6 is 15.9 Å². The van der Waals surface area contributed by atoms with Gasteiger partial charge in [-0.15, -0.1) is 0 Å². The number of benzene rings is 2. The molecule has 0 N–H and O–H groups in total. The zero-order chi connectivity index (χ0) is 15.6. The Morgan fingerprint density at radius 3 is 2.39 bits per heavy atom. The van der Waals surface area contributed by atoms with Gasteiger partial charge in [-0.25, -0.2) is 4.98 Å². The molecule has 0 radical (unpaired) electrons. The Morgan fingerprint density at radius 2 is 1.61 bits per heavy atom. The van der Waals surface area contributed by atoms with E-state index in [9.17, 15) is 0 Å². The highest BCUT2D eigenvalue weighted by Crippen LogP contribution is 2.33. The quantitative estimate of drug-likeness (QED) is 0.456. The fourth-order valence-electron chi connectivity index (χ4n) is 2.72. The first-order chi connectivity index (χ1) is 11.3. The fraction of sp³-hybridized carbons (Fsp3) is 0. The highest BCUT2D eigenvalue weighted by molar-refractivity contribution is 9.10. The molecule has 0 aliphatic heterocycles. The number of halogens is 1. The Bertz CT molecular complexity index is 967. The number of hydrogen-bond acceptors (Lipinski definition) is 2. The van der Waals surface area contributed by atoms with Crippen molar-refractivity contribution in [2.75, 3.05) is 0 Å². The third kappa shape index (κ3) is 2.76. The van der Waals surface area contributed by atoms with E-state index in [1.165, 1.54) is 11.1 Å². The highest BCUT2D eigenvalue weighted by atomic mass is 79.9. The summed E-state index contributed by atoms with van der Waals surface area (Å²) in [5.41, 5.74) is 5.30. The molecule has 0 spiro atoms. The molecule has 0 unspecified atom stereocenters. The predicted molar refractivity (Wildman–Crippen MR) is 98.1 cm³/mol. The van der Waals surface area contributed by atoms with Crippen LogP contribution in [0.2, 0.25) is 0 Å². The van der Waals surface area contributed by atoms with Crippen molar-refractivity contribution in [3.8, 4) is 22.4 Å². The average molecular weight is 361 g/mol. The number of aromatic nitrogens is 2. The maximum atomic E-state index is 4.81. The molecule has 110 valence electrons. The van der Waals surface area contributed by atoms with Gasteiger partial charge in [-0.2, -0.15) is 0 Å². The van der Waals surface area contributed by atoms with Crippen LogP contribution in [0, 0.1) is 0 Å².